The molecule has 0 radical (unpaired) electrons. The molecule has 0 fully saturated rings. The molecule has 0 amide bonds. The fourth-order valence-electron chi connectivity index (χ4n) is 1.85. The van der Waals surface area contributed by atoms with Gasteiger partial charge in [0.1, 0.15) is 17.3 Å². The van der Waals surface area contributed by atoms with E-state index in [9.17, 15) is 9.59 Å². The average molecular weight is 262 g/mol. The van der Waals surface area contributed by atoms with E-state index >= 15 is 0 Å². The lowest BCUT2D eigenvalue weighted by molar-refractivity contribution is 0.412. The zero-order chi connectivity index (χ0) is 14.0. The number of hydrogen-bond acceptors (Lipinski definition) is 5. The van der Waals surface area contributed by atoms with Gasteiger partial charge in [-0.25, -0.2) is 9.36 Å². The number of nitrogens with zero attached hydrogens (tertiary/aromatic N) is 1. The van der Waals surface area contributed by atoms with E-state index in [1.54, 1.807) is 31.3 Å². The maximum Gasteiger partial charge on any atom is 0.334 e. The Morgan fingerprint density at radius 1 is 1.32 bits per heavy atom. The van der Waals surface area contributed by atoms with Crippen LogP contribution in [0, 0.1) is 0 Å². The van der Waals surface area contributed by atoms with Crippen LogP contribution in [-0.4, -0.2) is 23.7 Å². The zero-order valence-electron chi connectivity index (χ0n) is 10.6. The maximum atomic E-state index is 11.9. The van der Waals surface area contributed by atoms with Crippen LogP contribution in [-0.2, 0) is 0 Å². The monoisotopic (exact) mass is 262 g/mol. The summed E-state index contributed by atoms with van der Waals surface area (Å²) in [4.78, 5) is 25.7. The van der Waals surface area contributed by atoms with Crippen molar-refractivity contribution in [1.29, 1.82) is 0 Å². The minimum Gasteiger partial charge on any atom is -0.495 e. The molecule has 0 saturated carbocycles. The normalized spacial score (nSPS) is 10.2. The number of ether oxygens (including phenoxy) is 1. The molecule has 7 heteroatoms. The molecular weight excluding hydrogens is 248 g/mol. The number of aromatic nitrogens is 2. The van der Waals surface area contributed by atoms with Gasteiger partial charge in [0.25, 0.3) is 5.56 Å². The van der Waals surface area contributed by atoms with E-state index in [0.717, 1.165) is 0 Å². The molecule has 7 nitrogen and oxygen atoms in total. The standard InChI is InChI=1S/C12H14N4O3/c1-14-9-10(13)16(12(18)15-11(9)17)7-5-3-4-6-8(7)19-2/h3-6,14H,13H2,1-2H3,(H,15,17,18). The van der Waals surface area contributed by atoms with Crippen LogP contribution in [0.5, 0.6) is 5.75 Å². The van der Waals surface area contributed by atoms with Crippen LogP contribution in [0.2, 0.25) is 0 Å². The lowest BCUT2D eigenvalue weighted by Gasteiger charge is -2.14. The first kappa shape index (κ1) is 12.7. The Balaban J connectivity index is 2.83. The van der Waals surface area contributed by atoms with Crippen molar-refractivity contribution in [2.45, 2.75) is 0 Å². The summed E-state index contributed by atoms with van der Waals surface area (Å²) in [5.74, 6) is 0.506. The van der Waals surface area contributed by atoms with Crippen molar-refractivity contribution in [3.8, 4) is 11.4 Å². The van der Waals surface area contributed by atoms with Crippen LogP contribution < -0.4 is 27.0 Å². The summed E-state index contributed by atoms with van der Waals surface area (Å²) in [5.41, 5.74) is 5.29. The lowest BCUT2D eigenvalue weighted by atomic mass is 10.3. The second-order valence-corrected chi connectivity index (χ2v) is 3.78. The summed E-state index contributed by atoms with van der Waals surface area (Å²) in [6.45, 7) is 0. The van der Waals surface area contributed by atoms with E-state index in [1.165, 1.54) is 11.7 Å². The van der Waals surface area contributed by atoms with Gasteiger partial charge in [-0.3, -0.25) is 9.78 Å². The third-order valence-electron chi connectivity index (χ3n) is 2.72. The van der Waals surface area contributed by atoms with Crippen molar-refractivity contribution in [2.24, 2.45) is 0 Å². The van der Waals surface area contributed by atoms with E-state index < -0.39 is 11.2 Å². The summed E-state index contributed by atoms with van der Waals surface area (Å²) in [6, 6.07) is 6.89. The SMILES string of the molecule is CNc1c(N)n(-c2ccccc2OC)c(=O)[nH]c1=O. The Kier molecular flexibility index (Phi) is 3.28. The maximum absolute atomic E-state index is 11.9. The van der Waals surface area contributed by atoms with Gasteiger partial charge in [-0.15, -0.1) is 0 Å². The lowest BCUT2D eigenvalue weighted by Crippen LogP contribution is -2.32. The van der Waals surface area contributed by atoms with Gasteiger partial charge in [-0.2, -0.15) is 0 Å². The number of H-pyrrole nitrogens is 1. The molecule has 0 saturated heterocycles. The Bertz CT molecular complexity index is 718. The Hall–Kier alpha value is -2.70. The van der Waals surface area contributed by atoms with Crippen molar-refractivity contribution < 1.29 is 4.74 Å². The number of methoxy groups -OCH3 is 1. The first-order valence-corrected chi connectivity index (χ1v) is 5.56. The molecule has 1 aromatic carbocycles. The third-order valence-corrected chi connectivity index (χ3v) is 2.72. The quantitative estimate of drug-likeness (QED) is 0.731. The van der Waals surface area contributed by atoms with Gasteiger partial charge >= 0.3 is 5.69 Å². The van der Waals surface area contributed by atoms with Gasteiger partial charge in [-0.1, -0.05) is 12.1 Å². The molecule has 0 aliphatic carbocycles. The van der Waals surface area contributed by atoms with Gasteiger partial charge in [0, 0.05) is 7.05 Å². The second-order valence-electron chi connectivity index (χ2n) is 3.78. The first-order valence-electron chi connectivity index (χ1n) is 5.56. The van der Waals surface area contributed by atoms with Crippen LogP contribution in [0.4, 0.5) is 11.5 Å². The molecule has 0 aliphatic rings. The number of nitrogens with two attached hydrogens (primary N) is 1. The molecule has 2 aromatic rings. The van der Waals surface area contributed by atoms with Gasteiger partial charge < -0.3 is 15.8 Å². The van der Waals surface area contributed by atoms with Crippen molar-refractivity contribution in [1.82, 2.24) is 9.55 Å². The molecule has 0 unspecified atom stereocenters. The van der Waals surface area contributed by atoms with Crippen molar-refractivity contribution in [2.75, 3.05) is 25.2 Å². The fraction of sp³-hybridized carbons (Fsp3) is 0.167. The molecule has 0 aliphatic heterocycles. The van der Waals surface area contributed by atoms with Crippen molar-refractivity contribution in [3.63, 3.8) is 0 Å². The minimum absolute atomic E-state index is 0.0285. The average Bonchev–Trinajstić information content (AvgIpc) is 2.39. The highest BCUT2D eigenvalue weighted by atomic mass is 16.5. The Morgan fingerprint density at radius 3 is 2.63 bits per heavy atom. The number of aromatic amines is 1. The third kappa shape index (κ3) is 2.05. The number of rotatable bonds is 3. The van der Waals surface area contributed by atoms with Crippen LogP contribution >= 0.6 is 0 Å². The second kappa shape index (κ2) is 4.89. The number of nitrogens with one attached hydrogen (secondary N) is 2. The highest BCUT2D eigenvalue weighted by Crippen LogP contribution is 2.24. The summed E-state index contributed by atoms with van der Waals surface area (Å²) in [7, 11) is 3.04. The number of anilines is 2. The van der Waals surface area contributed by atoms with E-state index in [0.29, 0.717) is 11.4 Å². The molecule has 0 atom stereocenters. The van der Waals surface area contributed by atoms with Crippen LogP contribution in [0.1, 0.15) is 0 Å². The fourth-order valence-corrected chi connectivity index (χ4v) is 1.85. The summed E-state index contributed by atoms with van der Waals surface area (Å²) in [6.07, 6.45) is 0. The topological polar surface area (TPSA) is 102 Å². The Morgan fingerprint density at radius 2 is 2.00 bits per heavy atom. The predicted octanol–water partition coefficient (Wildman–Crippen LogP) is 0.158. The molecule has 1 aromatic heterocycles. The summed E-state index contributed by atoms with van der Waals surface area (Å²) >= 11 is 0. The number of nitrogen functional groups attached to an aromatic ring is 1. The van der Waals surface area contributed by atoms with E-state index in [-0.39, 0.29) is 11.5 Å². The largest absolute Gasteiger partial charge is 0.495 e. The molecule has 1 heterocycles. The molecule has 0 spiro atoms. The number of hydrogen-bond donors (Lipinski definition) is 3. The number of para-hydroxylation sites is 2. The van der Waals surface area contributed by atoms with Crippen LogP contribution in [0.25, 0.3) is 5.69 Å². The van der Waals surface area contributed by atoms with Crippen molar-refractivity contribution >= 4 is 11.5 Å². The van der Waals surface area contributed by atoms with Gasteiger partial charge in [0.15, 0.2) is 0 Å². The molecule has 19 heavy (non-hydrogen) atoms. The summed E-state index contributed by atoms with van der Waals surface area (Å²) in [5, 5.41) is 2.67. The van der Waals surface area contributed by atoms with Gasteiger partial charge in [0.2, 0.25) is 0 Å². The van der Waals surface area contributed by atoms with Gasteiger partial charge in [0.05, 0.1) is 12.8 Å². The molecule has 0 bridgehead atoms. The van der Waals surface area contributed by atoms with Gasteiger partial charge in [-0.05, 0) is 12.1 Å². The van der Waals surface area contributed by atoms with Crippen LogP contribution in [0.15, 0.2) is 33.9 Å². The van der Waals surface area contributed by atoms with E-state index in [4.69, 9.17) is 10.5 Å². The highest BCUT2D eigenvalue weighted by molar-refractivity contribution is 5.64. The number of benzene rings is 1. The first-order chi connectivity index (χ1) is 9.10. The van der Waals surface area contributed by atoms with Crippen molar-refractivity contribution in [3.05, 3.63) is 45.1 Å². The molecule has 100 valence electrons. The van der Waals surface area contributed by atoms with Crippen LogP contribution in [0.3, 0.4) is 0 Å². The summed E-state index contributed by atoms with van der Waals surface area (Å²) < 4.78 is 6.37. The molecule has 4 N–H and O–H groups in total. The smallest absolute Gasteiger partial charge is 0.334 e. The molecular formula is C12H14N4O3. The minimum atomic E-state index is -0.619. The predicted molar refractivity (Wildman–Crippen MR) is 73.2 cm³/mol. The zero-order valence-corrected chi connectivity index (χ0v) is 10.6. The Labute approximate surface area is 108 Å². The molecule has 2 rings (SSSR count). The van der Waals surface area contributed by atoms with E-state index in [1.807, 2.05) is 0 Å². The van der Waals surface area contributed by atoms with E-state index in [2.05, 4.69) is 10.3 Å². The highest BCUT2D eigenvalue weighted by Gasteiger charge is 2.14.